The van der Waals surface area contributed by atoms with Gasteiger partial charge in [-0.25, -0.2) is 9.37 Å². The second kappa shape index (κ2) is 7.37. The SMILES string of the molecule is O=C(Nc1ccsc1C(=O)Nc1ccc(F)c(Cl)c1)c1cnccn1. The van der Waals surface area contributed by atoms with Gasteiger partial charge in [0.1, 0.15) is 16.4 Å². The van der Waals surface area contributed by atoms with Gasteiger partial charge in [0.15, 0.2) is 0 Å². The Balaban J connectivity index is 1.75. The Morgan fingerprint density at radius 3 is 2.68 bits per heavy atom. The highest BCUT2D eigenvalue weighted by Gasteiger charge is 2.17. The van der Waals surface area contributed by atoms with Crippen LogP contribution >= 0.6 is 22.9 Å². The van der Waals surface area contributed by atoms with Gasteiger partial charge in [-0.15, -0.1) is 11.3 Å². The predicted molar refractivity (Wildman–Crippen MR) is 93.7 cm³/mol. The maximum atomic E-state index is 13.2. The molecule has 0 bridgehead atoms. The van der Waals surface area contributed by atoms with Crippen molar-refractivity contribution in [3.8, 4) is 0 Å². The fourth-order valence-corrected chi connectivity index (χ4v) is 2.87. The fraction of sp³-hybridized carbons (Fsp3) is 0. The summed E-state index contributed by atoms with van der Waals surface area (Å²) in [7, 11) is 0. The maximum Gasteiger partial charge on any atom is 0.275 e. The van der Waals surface area contributed by atoms with Gasteiger partial charge in [-0.1, -0.05) is 11.6 Å². The summed E-state index contributed by atoms with van der Waals surface area (Å²) in [6.45, 7) is 0. The van der Waals surface area contributed by atoms with Crippen LogP contribution in [0.15, 0.2) is 48.2 Å². The number of thiophene rings is 1. The Kier molecular flexibility index (Phi) is 5.01. The third kappa shape index (κ3) is 3.98. The van der Waals surface area contributed by atoms with Gasteiger partial charge in [0, 0.05) is 18.1 Å². The minimum absolute atomic E-state index is 0.0971. The van der Waals surface area contributed by atoms with E-state index < -0.39 is 17.6 Å². The van der Waals surface area contributed by atoms with Gasteiger partial charge in [-0.2, -0.15) is 0 Å². The van der Waals surface area contributed by atoms with Gasteiger partial charge in [-0.3, -0.25) is 14.6 Å². The van der Waals surface area contributed by atoms with Crippen LogP contribution in [0.4, 0.5) is 15.8 Å². The molecule has 0 aliphatic carbocycles. The monoisotopic (exact) mass is 376 g/mol. The summed E-state index contributed by atoms with van der Waals surface area (Å²) in [6.07, 6.45) is 4.17. The molecule has 25 heavy (non-hydrogen) atoms. The Labute approximate surface area is 150 Å². The molecule has 0 spiro atoms. The van der Waals surface area contributed by atoms with E-state index in [9.17, 15) is 14.0 Å². The largest absolute Gasteiger partial charge is 0.321 e. The van der Waals surface area contributed by atoms with E-state index in [1.807, 2.05) is 0 Å². The number of hydrogen-bond acceptors (Lipinski definition) is 5. The third-order valence-electron chi connectivity index (χ3n) is 3.09. The highest BCUT2D eigenvalue weighted by atomic mass is 35.5. The number of anilines is 2. The molecule has 0 unspecified atom stereocenters. The molecule has 0 aliphatic heterocycles. The normalized spacial score (nSPS) is 10.3. The van der Waals surface area contributed by atoms with Crippen LogP contribution < -0.4 is 10.6 Å². The average Bonchev–Trinajstić information content (AvgIpc) is 3.07. The summed E-state index contributed by atoms with van der Waals surface area (Å²) in [5, 5.41) is 6.79. The van der Waals surface area contributed by atoms with E-state index >= 15 is 0 Å². The first-order valence-electron chi connectivity index (χ1n) is 6.96. The average molecular weight is 377 g/mol. The molecule has 2 aromatic heterocycles. The number of nitrogens with zero attached hydrogens (tertiary/aromatic N) is 2. The molecule has 126 valence electrons. The van der Waals surface area contributed by atoms with E-state index in [0.29, 0.717) is 11.4 Å². The van der Waals surface area contributed by atoms with Crippen LogP contribution in [-0.4, -0.2) is 21.8 Å². The molecular formula is C16H10ClFN4O2S. The first kappa shape index (κ1) is 17.0. The van der Waals surface area contributed by atoms with Crippen LogP contribution in [0, 0.1) is 5.82 Å². The molecule has 0 fully saturated rings. The zero-order chi connectivity index (χ0) is 17.8. The van der Waals surface area contributed by atoms with Gasteiger partial charge in [0.2, 0.25) is 0 Å². The van der Waals surface area contributed by atoms with Gasteiger partial charge in [0.05, 0.1) is 16.9 Å². The van der Waals surface area contributed by atoms with Crippen molar-refractivity contribution in [3.63, 3.8) is 0 Å². The third-order valence-corrected chi connectivity index (χ3v) is 4.30. The fourth-order valence-electron chi connectivity index (χ4n) is 1.95. The molecule has 6 nitrogen and oxygen atoms in total. The van der Waals surface area contributed by atoms with Crippen LogP contribution in [0.3, 0.4) is 0 Å². The Morgan fingerprint density at radius 2 is 1.96 bits per heavy atom. The van der Waals surface area contributed by atoms with Crippen molar-refractivity contribution in [2.75, 3.05) is 10.6 Å². The molecule has 2 heterocycles. The van der Waals surface area contributed by atoms with Gasteiger partial charge in [0.25, 0.3) is 11.8 Å². The summed E-state index contributed by atoms with van der Waals surface area (Å²) in [4.78, 5) is 32.5. The molecule has 3 rings (SSSR count). The molecule has 1 aromatic carbocycles. The molecular weight excluding hydrogens is 367 g/mol. The van der Waals surface area contributed by atoms with Crippen molar-refractivity contribution in [3.05, 3.63) is 69.6 Å². The Bertz CT molecular complexity index is 933. The summed E-state index contributed by atoms with van der Waals surface area (Å²) in [6, 6.07) is 5.46. The van der Waals surface area contributed by atoms with Crippen molar-refractivity contribution >= 4 is 46.1 Å². The quantitative estimate of drug-likeness (QED) is 0.724. The standard InChI is InChI=1S/C16H10ClFN4O2S/c17-10-7-9(1-2-11(10)18)21-16(24)14-12(3-6-25-14)22-15(23)13-8-19-4-5-20-13/h1-8H,(H,21,24)(H,22,23). The van der Waals surface area contributed by atoms with Crippen LogP contribution in [0.5, 0.6) is 0 Å². The van der Waals surface area contributed by atoms with Crippen LogP contribution in [0.1, 0.15) is 20.2 Å². The van der Waals surface area contributed by atoms with Gasteiger partial charge < -0.3 is 10.6 Å². The minimum atomic E-state index is -0.576. The van der Waals surface area contributed by atoms with E-state index in [1.165, 1.54) is 30.7 Å². The number of benzene rings is 1. The molecule has 0 aliphatic rings. The summed E-state index contributed by atoms with van der Waals surface area (Å²) < 4.78 is 13.2. The summed E-state index contributed by atoms with van der Waals surface area (Å²) in [5.74, 6) is -1.51. The number of nitrogens with one attached hydrogen (secondary N) is 2. The van der Waals surface area contributed by atoms with E-state index in [2.05, 4.69) is 20.6 Å². The smallest absolute Gasteiger partial charge is 0.275 e. The second-order valence-electron chi connectivity index (χ2n) is 4.79. The van der Waals surface area contributed by atoms with Crippen LogP contribution in [0.25, 0.3) is 0 Å². The Hall–Kier alpha value is -2.84. The van der Waals surface area contributed by atoms with E-state index in [4.69, 9.17) is 11.6 Å². The lowest BCUT2D eigenvalue weighted by Crippen LogP contribution is -2.17. The maximum absolute atomic E-state index is 13.2. The lowest BCUT2D eigenvalue weighted by atomic mass is 10.3. The lowest BCUT2D eigenvalue weighted by molar-refractivity contribution is 0.102. The zero-order valence-electron chi connectivity index (χ0n) is 12.5. The topological polar surface area (TPSA) is 84.0 Å². The number of rotatable bonds is 4. The number of aromatic nitrogens is 2. The minimum Gasteiger partial charge on any atom is -0.321 e. The highest BCUT2D eigenvalue weighted by Crippen LogP contribution is 2.25. The van der Waals surface area contributed by atoms with Gasteiger partial charge in [-0.05, 0) is 29.6 Å². The molecule has 0 radical (unpaired) electrons. The number of amides is 2. The molecule has 0 saturated heterocycles. The first-order valence-corrected chi connectivity index (χ1v) is 8.21. The molecule has 9 heteroatoms. The Morgan fingerprint density at radius 1 is 1.12 bits per heavy atom. The van der Waals surface area contributed by atoms with Crippen molar-refractivity contribution < 1.29 is 14.0 Å². The van der Waals surface area contributed by atoms with E-state index in [1.54, 1.807) is 11.4 Å². The van der Waals surface area contributed by atoms with Crippen molar-refractivity contribution in [1.29, 1.82) is 0 Å². The highest BCUT2D eigenvalue weighted by molar-refractivity contribution is 7.12. The van der Waals surface area contributed by atoms with Crippen molar-refractivity contribution in [2.45, 2.75) is 0 Å². The molecule has 0 saturated carbocycles. The molecule has 3 aromatic rings. The predicted octanol–water partition coefficient (Wildman–Crippen LogP) is 3.84. The van der Waals surface area contributed by atoms with Crippen molar-refractivity contribution in [1.82, 2.24) is 9.97 Å². The number of carbonyl (C=O) groups is 2. The zero-order valence-corrected chi connectivity index (χ0v) is 14.1. The second-order valence-corrected chi connectivity index (χ2v) is 6.11. The molecule has 2 amide bonds. The summed E-state index contributed by atoms with van der Waals surface area (Å²) >= 11 is 6.85. The van der Waals surface area contributed by atoms with Crippen LogP contribution in [-0.2, 0) is 0 Å². The van der Waals surface area contributed by atoms with Gasteiger partial charge >= 0.3 is 0 Å². The number of hydrogen-bond donors (Lipinski definition) is 2. The van der Waals surface area contributed by atoms with Crippen molar-refractivity contribution in [2.24, 2.45) is 0 Å². The molecule has 0 atom stereocenters. The lowest BCUT2D eigenvalue weighted by Gasteiger charge is -2.08. The first-order chi connectivity index (χ1) is 12.0. The summed E-state index contributed by atoms with van der Waals surface area (Å²) in [5.41, 5.74) is 0.813. The number of carbonyl (C=O) groups excluding carboxylic acids is 2. The van der Waals surface area contributed by atoms with E-state index in [-0.39, 0.29) is 15.6 Å². The van der Waals surface area contributed by atoms with Crippen LogP contribution in [0.2, 0.25) is 5.02 Å². The van der Waals surface area contributed by atoms with E-state index in [0.717, 1.165) is 17.4 Å². The number of halogens is 2. The molecule has 2 N–H and O–H groups in total.